The van der Waals surface area contributed by atoms with Crippen molar-refractivity contribution in [3.05, 3.63) is 59.2 Å². The van der Waals surface area contributed by atoms with Crippen LogP contribution < -0.4 is 24.8 Å². The normalized spacial score (nSPS) is 11.0. The van der Waals surface area contributed by atoms with Crippen LogP contribution in [0.25, 0.3) is 0 Å². The molecule has 2 aromatic carbocycles. The summed E-state index contributed by atoms with van der Waals surface area (Å²) in [5.74, 6) is 0.368. The molecule has 30 heavy (non-hydrogen) atoms. The summed E-state index contributed by atoms with van der Waals surface area (Å²) in [6.45, 7) is 24.2. The number of halogens is 2. The van der Waals surface area contributed by atoms with E-state index in [1.54, 1.807) is 0 Å². The van der Waals surface area contributed by atoms with Crippen LogP contribution in [0.1, 0.15) is 79.0 Å². The van der Waals surface area contributed by atoms with Gasteiger partial charge in [-0.2, -0.15) is 17.7 Å². The van der Waals surface area contributed by atoms with Gasteiger partial charge in [0.05, 0.1) is 0 Å². The minimum Gasteiger partial charge on any atom is -1.00 e. The summed E-state index contributed by atoms with van der Waals surface area (Å²) >= 11 is 2.27. The number of aromatic hydroxyl groups is 1. The molecule has 0 unspecified atom stereocenters. The summed E-state index contributed by atoms with van der Waals surface area (Å²) in [5, 5.41) is 9.72. The molecule has 0 aliphatic heterocycles. The van der Waals surface area contributed by atoms with Crippen LogP contribution in [0.4, 0.5) is 0 Å². The van der Waals surface area contributed by atoms with E-state index in [0.29, 0.717) is 11.2 Å². The predicted octanol–water partition coefficient (Wildman–Crippen LogP) is 1.48. The molecule has 2 rings (SSSR count). The SMILES string of the molecule is CC(C)(C)[c-]1cccc1.CC(C)(C)c1cc(O)cc(C(C)(C)C)c1.C[Si](C)=[Ti+2].[Cl-].[Cl-]. The first-order valence-corrected chi connectivity index (χ1v) is 14.9. The number of hydrogen-bond donors (Lipinski definition) is 1. The Morgan fingerprint density at radius 1 is 0.733 bits per heavy atom. The fourth-order valence-electron chi connectivity index (χ4n) is 2.35. The van der Waals surface area contributed by atoms with E-state index in [-0.39, 0.29) is 41.8 Å². The quantitative estimate of drug-likeness (QED) is 0.426. The summed E-state index contributed by atoms with van der Waals surface area (Å²) in [5.41, 5.74) is 4.28. The van der Waals surface area contributed by atoms with Crippen molar-refractivity contribution in [1.29, 1.82) is 0 Å². The Kier molecular flexibility index (Phi) is 16.2. The topological polar surface area (TPSA) is 20.2 Å². The van der Waals surface area contributed by atoms with Crippen LogP contribution in [-0.4, -0.2) is 11.3 Å². The number of phenolic OH excluding ortho intramolecular Hbond substituents is 1. The van der Waals surface area contributed by atoms with E-state index in [4.69, 9.17) is 0 Å². The molecule has 0 spiro atoms. The maximum absolute atomic E-state index is 9.72. The summed E-state index contributed by atoms with van der Waals surface area (Å²) < 4.78 is 0. The maximum atomic E-state index is 9.72. The van der Waals surface area contributed by atoms with Gasteiger partial charge in [-0.05, 0) is 34.1 Å². The number of benzene rings is 1. The van der Waals surface area contributed by atoms with Crippen LogP contribution in [0, 0.1) is 0 Å². The van der Waals surface area contributed by atoms with E-state index in [1.807, 2.05) is 12.1 Å². The Morgan fingerprint density at radius 3 is 1.23 bits per heavy atom. The van der Waals surface area contributed by atoms with Crippen LogP contribution in [0.2, 0.25) is 13.1 Å². The molecule has 0 fully saturated rings. The van der Waals surface area contributed by atoms with Crippen molar-refractivity contribution in [2.45, 2.75) is 91.7 Å². The van der Waals surface area contributed by atoms with Crippen LogP contribution in [-0.2, 0) is 35.4 Å². The fraction of sp³-hybridized carbons (Fsp3) is 0.560. The van der Waals surface area contributed by atoms with Crippen molar-refractivity contribution in [1.82, 2.24) is 0 Å². The molecule has 1 nitrogen and oxygen atoms in total. The summed E-state index contributed by atoms with van der Waals surface area (Å²) in [4.78, 5) is 0. The Balaban J connectivity index is -0.000000417. The zero-order valence-electron chi connectivity index (χ0n) is 20.7. The van der Waals surface area contributed by atoms with E-state index in [1.165, 1.54) is 16.7 Å². The first-order valence-electron chi connectivity index (χ1n) is 10.0. The molecule has 170 valence electrons. The number of phenols is 1. The third-order valence-corrected chi connectivity index (χ3v) is 4.18. The molecule has 0 saturated heterocycles. The van der Waals surface area contributed by atoms with Crippen LogP contribution in [0.15, 0.2) is 42.5 Å². The van der Waals surface area contributed by atoms with E-state index in [2.05, 4.69) is 125 Å². The zero-order valence-corrected chi connectivity index (χ0v) is 24.8. The molecular weight excluding hydrogens is 463 g/mol. The fourth-order valence-corrected chi connectivity index (χ4v) is 2.35. The number of hydrogen-bond acceptors (Lipinski definition) is 1. The van der Waals surface area contributed by atoms with Gasteiger partial charge in [0.2, 0.25) is 0 Å². The molecule has 0 heterocycles. The Morgan fingerprint density at radius 2 is 1.03 bits per heavy atom. The zero-order chi connectivity index (χ0) is 22.3. The summed E-state index contributed by atoms with van der Waals surface area (Å²) in [6.07, 6.45) is 0.120. The van der Waals surface area contributed by atoms with Crippen molar-refractivity contribution < 1.29 is 49.1 Å². The Bertz CT molecular complexity index is 698. The second kappa shape index (κ2) is 14.1. The molecule has 0 radical (unpaired) electrons. The standard InChI is InChI=1S/C14H22O.C9H13.C2H6Si.2ClH.Ti/c1-13(2,3)10-7-11(14(4,5)6)9-12(15)8-10;1-9(2,3)8-6-4-5-7-8;1-3-2;;;/h7-9,15H,1-6H3;4-7H,1-3H3;1-2H3;2*1H;/q;-1;;;;+2/p-2. The maximum Gasteiger partial charge on any atom is -1.00 e. The van der Waals surface area contributed by atoms with Gasteiger partial charge in [0.15, 0.2) is 0 Å². The van der Waals surface area contributed by atoms with Gasteiger partial charge in [-0.3, -0.25) is 0 Å². The van der Waals surface area contributed by atoms with Crippen LogP contribution in [0.3, 0.4) is 0 Å². The second-order valence-electron chi connectivity index (χ2n) is 10.7. The average molecular weight is 504 g/mol. The van der Waals surface area contributed by atoms with Crippen molar-refractivity contribution >= 4 is 6.19 Å². The second-order valence-corrected chi connectivity index (χ2v) is 17.4. The van der Waals surface area contributed by atoms with Gasteiger partial charge in [-0.1, -0.05) is 73.8 Å². The average Bonchev–Trinajstić information content (AvgIpc) is 2.99. The number of rotatable bonds is 0. The first kappa shape index (κ1) is 34.5. The van der Waals surface area contributed by atoms with Gasteiger partial charge in [-0.25, -0.2) is 12.1 Å². The first-order chi connectivity index (χ1) is 12.4. The van der Waals surface area contributed by atoms with Crippen molar-refractivity contribution in [3.63, 3.8) is 0 Å². The minimum absolute atomic E-state index is 0. The van der Waals surface area contributed by atoms with Gasteiger partial charge in [0.1, 0.15) is 5.75 Å². The van der Waals surface area contributed by atoms with E-state index < -0.39 is 0 Å². The van der Waals surface area contributed by atoms with E-state index >= 15 is 0 Å². The molecular formula is C25H41Cl2OSiTi-. The van der Waals surface area contributed by atoms with Crippen molar-refractivity contribution in [2.24, 2.45) is 0 Å². The molecule has 1 N–H and O–H groups in total. The van der Waals surface area contributed by atoms with E-state index in [9.17, 15) is 5.11 Å². The third kappa shape index (κ3) is 14.8. The molecule has 0 aliphatic rings. The van der Waals surface area contributed by atoms with Crippen LogP contribution in [0.5, 0.6) is 5.75 Å². The smallest absolute Gasteiger partial charge is 1.00 e. The molecule has 0 amide bonds. The molecule has 5 heteroatoms. The van der Waals surface area contributed by atoms with Gasteiger partial charge in [0.25, 0.3) is 0 Å². The Labute approximate surface area is 210 Å². The van der Waals surface area contributed by atoms with Gasteiger partial charge < -0.3 is 29.9 Å². The monoisotopic (exact) mass is 503 g/mol. The molecule has 0 bridgehead atoms. The predicted molar refractivity (Wildman–Crippen MR) is 124 cm³/mol. The van der Waals surface area contributed by atoms with Crippen LogP contribution >= 0.6 is 0 Å². The van der Waals surface area contributed by atoms with Gasteiger partial charge in [-0.15, -0.1) is 0 Å². The molecule has 0 aromatic heterocycles. The minimum atomic E-state index is 0. The summed E-state index contributed by atoms with van der Waals surface area (Å²) in [6, 6.07) is 14.4. The third-order valence-electron chi connectivity index (χ3n) is 4.18. The van der Waals surface area contributed by atoms with Crippen molar-refractivity contribution in [2.75, 3.05) is 0 Å². The molecule has 2 aromatic rings. The molecule has 0 saturated carbocycles. The van der Waals surface area contributed by atoms with Gasteiger partial charge in [0, 0.05) is 0 Å². The van der Waals surface area contributed by atoms with E-state index in [0.717, 1.165) is 0 Å². The Hall–Kier alpha value is -0.119. The largest absolute Gasteiger partial charge is 1.00 e. The van der Waals surface area contributed by atoms with Gasteiger partial charge >= 0.3 is 38.5 Å². The molecule has 0 aliphatic carbocycles. The molecule has 0 atom stereocenters. The summed E-state index contributed by atoms with van der Waals surface area (Å²) in [7, 11) is 0. The van der Waals surface area contributed by atoms with Crippen molar-refractivity contribution in [3.8, 4) is 5.75 Å².